The van der Waals surface area contributed by atoms with Crippen LogP contribution in [0.15, 0.2) is 47.1 Å². The highest BCUT2D eigenvalue weighted by Crippen LogP contribution is 2.49. The average Bonchev–Trinajstić information content (AvgIpc) is 3.61. The van der Waals surface area contributed by atoms with E-state index in [9.17, 15) is 5.11 Å². The third-order valence-corrected chi connectivity index (χ3v) is 11.6. The maximum atomic E-state index is 11.3. The number of nitrogens with zero attached hydrogens (tertiary/aromatic N) is 2. The molecule has 1 N–H and O–H groups in total. The highest BCUT2D eigenvalue weighted by Gasteiger charge is 2.41. The smallest absolute Gasteiger partial charge is 0.161 e. The minimum atomic E-state index is -0.430. The largest absolute Gasteiger partial charge is 0.493 e. The summed E-state index contributed by atoms with van der Waals surface area (Å²) in [7, 11) is 6.87. The van der Waals surface area contributed by atoms with Gasteiger partial charge in [0.15, 0.2) is 23.0 Å². The molecule has 1 unspecified atom stereocenters. The molecule has 1 fully saturated rings. The van der Waals surface area contributed by atoms with Crippen molar-refractivity contribution in [2.45, 2.75) is 63.0 Å². The molecule has 2 aromatic carbocycles. The van der Waals surface area contributed by atoms with Crippen LogP contribution >= 0.6 is 11.8 Å². The number of fused-ring (bicyclic) bond motifs is 4. The average molecular weight is 651 g/mol. The monoisotopic (exact) mass is 650 g/mol. The van der Waals surface area contributed by atoms with Gasteiger partial charge in [0, 0.05) is 44.0 Å². The van der Waals surface area contributed by atoms with Crippen LogP contribution in [0.3, 0.4) is 0 Å². The summed E-state index contributed by atoms with van der Waals surface area (Å²) in [4.78, 5) is 5.24. The van der Waals surface area contributed by atoms with Gasteiger partial charge in [-0.15, -0.1) is 0 Å². The Balaban J connectivity index is 1.27. The summed E-state index contributed by atoms with van der Waals surface area (Å²) in [5.41, 5.74) is 5.40. The first kappa shape index (κ1) is 33.1. The van der Waals surface area contributed by atoms with Crippen molar-refractivity contribution in [3.8, 4) is 23.0 Å². The molecular weight excluding hydrogens is 600 g/mol. The third kappa shape index (κ3) is 6.89. The van der Waals surface area contributed by atoms with E-state index in [-0.39, 0.29) is 6.04 Å². The van der Waals surface area contributed by atoms with E-state index >= 15 is 0 Å². The Bertz CT molecular complexity index is 1450. The van der Waals surface area contributed by atoms with Crippen molar-refractivity contribution in [3.63, 3.8) is 0 Å². The highest BCUT2D eigenvalue weighted by molar-refractivity contribution is 7.98. The van der Waals surface area contributed by atoms with E-state index < -0.39 is 6.10 Å². The van der Waals surface area contributed by atoms with Crippen LogP contribution in [0.5, 0.6) is 23.0 Å². The Morgan fingerprint density at radius 2 is 1.54 bits per heavy atom. The molecule has 4 heterocycles. The molecule has 3 aliphatic rings. The zero-order valence-electron chi connectivity index (χ0n) is 28.0. The molecule has 46 heavy (non-hydrogen) atoms. The molecule has 5 atom stereocenters. The number of methoxy groups -OCH3 is 4. The fourth-order valence-corrected chi connectivity index (χ4v) is 8.99. The number of benzene rings is 2. The number of rotatable bonds is 13. The number of β-amino-alcohol motifs (C(OH)–C–C–N with tert-alkyl or cyclic N) is 1. The van der Waals surface area contributed by atoms with Gasteiger partial charge in [-0.3, -0.25) is 9.80 Å². The van der Waals surface area contributed by atoms with Crippen LogP contribution in [-0.2, 0) is 18.6 Å². The first-order chi connectivity index (χ1) is 22.5. The molecular formula is C37H50N2O6S. The van der Waals surface area contributed by atoms with Gasteiger partial charge in [-0.1, -0.05) is 13.3 Å². The minimum absolute atomic E-state index is 0.187. The van der Waals surface area contributed by atoms with E-state index in [1.54, 1.807) is 46.5 Å². The second-order valence-electron chi connectivity index (χ2n) is 13.0. The quantitative estimate of drug-likeness (QED) is 0.222. The lowest BCUT2D eigenvalue weighted by molar-refractivity contribution is 0.0233. The highest BCUT2D eigenvalue weighted by atomic mass is 32.2. The summed E-state index contributed by atoms with van der Waals surface area (Å²) in [6.45, 7) is 6.09. The van der Waals surface area contributed by atoms with Crippen LogP contribution < -0.4 is 18.9 Å². The molecule has 250 valence electrons. The zero-order valence-corrected chi connectivity index (χ0v) is 28.8. The number of hydrogen-bond acceptors (Lipinski definition) is 9. The van der Waals surface area contributed by atoms with Gasteiger partial charge in [-0.25, -0.2) is 0 Å². The number of thioether (sulfide) groups is 1. The standard InChI is InChI=1S/C37H50N2O6S/c1-6-24-20-38-11-9-25-16-34(41-2)36(43-4)18-30(25)32(38)14-27(24)15-33-31-19-37(44-5)35(42-3)17-26(31)10-12-39(33)21-28(40)22-46-23-29-8-7-13-45-29/h7-8,13,16-19,24,27-28,32-33,40H,6,9-12,14-15,20-23H2,1-5H3/t24-,27+,28?,32-,33+/m0/s1. The number of furan rings is 1. The first-order valence-corrected chi connectivity index (χ1v) is 17.9. The fraction of sp³-hybridized carbons (Fsp3) is 0.568. The van der Waals surface area contributed by atoms with Crippen molar-refractivity contribution in [1.29, 1.82) is 0 Å². The van der Waals surface area contributed by atoms with E-state index in [1.807, 2.05) is 12.1 Å². The van der Waals surface area contributed by atoms with Crippen molar-refractivity contribution < 1.29 is 28.5 Å². The summed E-state index contributed by atoms with van der Waals surface area (Å²) >= 11 is 1.72. The number of aliphatic hydroxyl groups is 1. The Hall–Kier alpha value is -2.85. The van der Waals surface area contributed by atoms with Crippen molar-refractivity contribution in [1.82, 2.24) is 9.80 Å². The van der Waals surface area contributed by atoms with Crippen LogP contribution in [-0.4, -0.2) is 81.4 Å². The molecule has 0 amide bonds. The van der Waals surface area contributed by atoms with E-state index in [0.29, 0.717) is 30.2 Å². The van der Waals surface area contributed by atoms with E-state index in [1.165, 1.54) is 22.3 Å². The molecule has 8 nitrogen and oxygen atoms in total. The molecule has 0 spiro atoms. The van der Waals surface area contributed by atoms with E-state index in [2.05, 4.69) is 41.0 Å². The first-order valence-electron chi connectivity index (χ1n) is 16.7. The van der Waals surface area contributed by atoms with Gasteiger partial charge in [0.05, 0.1) is 46.6 Å². The molecule has 1 aromatic heterocycles. The maximum Gasteiger partial charge on any atom is 0.161 e. The molecule has 1 saturated heterocycles. The Morgan fingerprint density at radius 1 is 0.891 bits per heavy atom. The number of ether oxygens (including phenoxy) is 4. The molecule has 0 bridgehead atoms. The molecule has 3 aliphatic heterocycles. The van der Waals surface area contributed by atoms with Crippen LogP contribution in [0, 0.1) is 11.8 Å². The summed E-state index contributed by atoms with van der Waals surface area (Å²) in [5, 5.41) is 11.3. The predicted molar refractivity (Wildman–Crippen MR) is 183 cm³/mol. The summed E-state index contributed by atoms with van der Waals surface area (Å²) < 4.78 is 28.4. The summed E-state index contributed by atoms with van der Waals surface area (Å²) in [5.74, 6) is 6.70. The van der Waals surface area contributed by atoms with Crippen molar-refractivity contribution in [2.75, 3.05) is 60.4 Å². The molecule has 9 heteroatoms. The zero-order chi connectivity index (χ0) is 32.2. The second-order valence-corrected chi connectivity index (χ2v) is 14.0. The predicted octanol–water partition coefficient (Wildman–Crippen LogP) is 6.54. The Kier molecular flexibility index (Phi) is 10.7. The molecule has 0 aliphatic carbocycles. The lowest BCUT2D eigenvalue weighted by Gasteiger charge is -2.49. The molecule has 6 rings (SSSR count). The normalized spacial score (nSPS) is 23.6. The van der Waals surface area contributed by atoms with Gasteiger partial charge in [0.1, 0.15) is 5.76 Å². The Morgan fingerprint density at radius 3 is 2.20 bits per heavy atom. The SMILES string of the molecule is CC[C@H]1CN2CCc3cc(OC)c(OC)cc3[C@@H]2C[C@@H]1C[C@@H]1c2cc(OC)c(OC)cc2CCN1CC(O)CSCc1ccco1. The minimum Gasteiger partial charge on any atom is -0.493 e. The van der Waals surface area contributed by atoms with Crippen molar-refractivity contribution >= 4 is 11.8 Å². The van der Waals surface area contributed by atoms with Crippen LogP contribution in [0.25, 0.3) is 0 Å². The third-order valence-electron chi connectivity index (χ3n) is 10.5. The molecule has 3 aromatic rings. The van der Waals surface area contributed by atoms with Gasteiger partial charge in [-0.05, 0) is 96.2 Å². The van der Waals surface area contributed by atoms with Gasteiger partial charge >= 0.3 is 0 Å². The van der Waals surface area contributed by atoms with Crippen molar-refractivity contribution in [2.24, 2.45) is 11.8 Å². The maximum absolute atomic E-state index is 11.3. The summed E-state index contributed by atoms with van der Waals surface area (Å²) in [6, 6.07) is 13.2. The summed E-state index contributed by atoms with van der Waals surface area (Å²) in [6.07, 6.45) is 6.54. The van der Waals surface area contributed by atoms with E-state index in [0.717, 1.165) is 86.2 Å². The van der Waals surface area contributed by atoms with Gasteiger partial charge in [-0.2, -0.15) is 11.8 Å². The number of aliphatic hydroxyl groups excluding tert-OH is 1. The fourth-order valence-electron chi connectivity index (χ4n) is 8.13. The van der Waals surface area contributed by atoms with Crippen LogP contribution in [0.2, 0.25) is 0 Å². The van der Waals surface area contributed by atoms with Crippen LogP contribution in [0.1, 0.15) is 66.3 Å². The Labute approximate surface area is 278 Å². The number of piperidine rings is 1. The van der Waals surface area contributed by atoms with Gasteiger partial charge in [0.25, 0.3) is 0 Å². The lowest BCUT2D eigenvalue weighted by atomic mass is 9.72. The van der Waals surface area contributed by atoms with Gasteiger partial charge < -0.3 is 28.5 Å². The molecule has 0 saturated carbocycles. The van der Waals surface area contributed by atoms with E-state index in [4.69, 9.17) is 23.4 Å². The van der Waals surface area contributed by atoms with Gasteiger partial charge in [0.2, 0.25) is 0 Å². The topological polar surface area (TPSA) is 76.8 Å². The van der Waals surface area contributed by atoms with Crippen molar-refractivity contribution in [3.05, 3.63) is 70.7 Å². The molecule has 0 radical (unpaired) electrons. The number of hydrogen-bond donors (Lipinski definition) is 1. The van der Waals surface area contributed by atoms with Crippen LogP contribution in [0.4, 0.5) is 0 Å². The lowest BCUT2D eigenvalue weighted by Crippen LogP contribution is -2.47. The second kappa shape index (κ2) is 14.9.